The van der Waals surface area contributed by atoms with Crippen LogP contribution in [0.15, 0.2) is 28.6 Å². The number of H-pyrrole nitrogens is 1. The summed E-state index contributed by atoms with van der Waals surface area (Å²) < 4.78 is 0. The molecule has 0 radical (unpaired) electrons. The largest absolute Gasteiger partial charge is 0.360 e. The Balaban J connectivity index is 2.08. The highest BCUT2D eigenvalue weighted by Gasteiger charge is 2.15. The molecule has 2 N–H and O–H groups in total. The Kier molecular flexibility index (Phi) is 3.44. The summed E-state index contributed by atoms with van der Waals surface area (Å²) in [5.74, 6) is -0.525. The Hall–Kier alpha value is -2.25. The molecule has 0 fully saturated rings. The number of rotatable bonds is 2. The number of hydrogen-bond acceptors (Lipinski definition) is 5. The molecule has 3 aromatic rings. The second kappa shape index (κ2) is 5.27. The van der Waals surface area contributed by atoms with E-state index >= 15 is 0 Å². The van der Waals surface area contributed by atoms with Crippen molar-refractivity contribution in [2.45, 2.75) is 6.92 Å². The second-order valence-corrected chi connectivity index (χ2v) is 5.56. The van der Waals surface area contributed by atoms with Gasteiger partial charge in [0, 0.05) is 16.6 Å². The zero-order valence-electron chi connectivity index (χ0n) is 10.8. The first-order chi connectivity index (χ1) is 10.1. The minimum absolute atomic E-state index is 0.0134. The third-order valence-electron chi connectivity index (χ3n) is 3.07. The van der Waals surface area contributed by atoms with Crippen molar-refractivity contribution in [1.29, 1.82) is 0 Å². The van der Waals surface area contributed by atoms with Crippen molar-refractivity contribution in [3.8, 4) is 0 Å². The zero-order chi connectivity index (χ0) is 15.0. The van der Waals surface area contributed by atoms with Gasteiger partial charge in [0.25, 0.3) is 5.91 Å². The molecule has 1 amide bonds. The topological polar surface area (TPSA) is 87.7 Å². The molecule has 0 saturated carbocycles. The number of carbonyl (C=O) groups is 1. The SMILES string of the molecule is Cc1c(Cl)ccc2c(=O)c(C(=O)Nc3nncs3)c[nH]c12. The summed E-state index contributed by atoms with van der Waals surface area (Å²) >= 11 is 7.20. The number of aromatic nitrogens is 3. The van der Waals surface area contributed by atoms with Crippen LogP contribution in [0, 0.1) is 6.92 Å². The van der Waals surface area contributed by atoms with Crippen LogP contribution in [-0.2, 0) is 0 Å². The van der Waals surface area contributed by atoms with Crippen LogP contribution in [0.1, 0.15) is 15.9 Å². The van der Waals surface area contributed by atoms with Gasteiger partial charge in [0.05, 0.1) is 5.52 Å². The highest BCUT2D eigenvalue weighted by Crippen LogP contribution is 2.22. The molecule has 0 bridgehead atoms. The fraction of sp³-hybridized carbons (Fsp3) is 0.0769. The Morgan fingerprint density at radius 3 is 2.95 bits per heavy atom. The molecule has 0 saturated heterocycles. The van der Waals surface area contributed by atoms with E-state index in [1.807, 2.05) is 6.92 Å². The summed E-state index contributed by atoms with van der Waals surface area (Å²) in [6.07, 6.45) is 1.38. The standard InChI is InChI=1S/C13H9ClN4O2S/c1-6-9(14)3-2-7-10(6)15-4-8(11(7)19)12(20)17-13-18-16-5-21-13/h2-5H,1H3,(H,15,19)(H,17,18,20). The highest BCUT2D eigenvalue weighted by atomic mass is 35.5. The smallest absolute Gasteiger partial charge is 0.262 e. The van der Waals surface area contributed by atoms with Gasteiger partial charge >= 0.3 is 0 Å². The van der Waals surface area contributed by atoms with Gasteiger partial charge in [-0.3, -0.25) is 14.9 Å². The highest BCUT2D eigenvalue weighted by molar-refractivity contribution is 7.13. The monoisotopic (exact) mass is 320 g/mol. The minimum atomic E-state index is -0.525. The number of nitrogens with zero attached hydrogens (tertiary/aromatic N) is 2. The van der Waals surface area contributed by atoms with Gasteiger partial charge < -0.3 is 4.98 Å². The van der Waals surface area contributed by atoms with E-state index in [0.717, 1.165) is 5.56 Å². The molecule has 0 aliphatic heterocycles. The van der Waals surface area contributed by atoms with Gasteiger partial charge in [0.2, 0.25) is 10.6 Å². The molecule has 0 spiro atoms. The molecule has 0 aliphatic carbocycles. The van der Waals surface area contributed by atoms with Gasteiger partial charge in [-0.1, -0.05) is 22.9 Å². The Bertz CT molecular complexity index is 889. The number of pyridine rings is 1. The summed E-state index contributed by atoms with van der Waals surface area (Å²) in [4.78, 5) is 27.5. The van der Waals surface area contributed by atoms with E-state index in [-0.39, 0.29) is 11.0 Å². The van der Waals surface area contributed by atoms with Crippen molar-refractivity contribution < 1.29 is 4.79 Å². The van der Waals surface area contributed by atoms with Crippen molar-refractivity contribution in [3.63, 3.8) is 0 Å². The number of anilines is 1. The molecule has 8 heteroatoms. The first kappa shape index (κ1) is 13.7. The predicted molar refractivity (Wildman–Crippen MR) is 82.2 cm³/mol. The van der Waals surface area contributed by atoms with Gasteiger partial charge in [0.15, 0.2) is 0 Å². The third-order valence-corrected chi connectivity index (χ3v) is 4.09. The van der Waals surface area contributed by atoms with Crippen LogP contribution < -0.4 is 10.7 Å². The zero-order valence-corrected chi connectivity index (χ0v) is 12.4. The Morgan fingerprint density at radius 1 is 1.43 bits per heavy atom. The average molecular weight is 321 g/mol. The van der Waals surface area contributed by atoms with Crippen molar-refractivity contribution in [2.24, 2.45) is 0 Å². The quantitative estimate of drug-likeness (QED) is 0.759. The van der Waals surface area contributed by atoms with E-state index in [4.69, 9.17) is 11.6 Å². The first-order valence-corrected chi connectivity index (χ1v) is 7.21. The maximum atomic E-state index is 12.4. The fourth-order valence-corrected chi connectivity index (χ4v) is 2.57. The van der Waals surface area contributed by atoms with Gasteiger partial charge in [0.1, 0.15) is 11.1 Å². The van der Waals surface area contributed by atoms with E-state index in [0.29, 0.717) is 21.1 Å². The number of nitrogens with one attached hydrogen (secondary N) is 2. The molecule has 0 unspecified atom stereocenters. The number of benzene rings is 1. The summed E-state index contributed by atoms with van der Waals surface area (Å²) in [5.41, 5.74) is 2.54. The number of halogens is 1. The fourth-order valence-electron chi connectivity index (χ4n) is 1.98. The lowest BCUT2D eigenvalue weighted by molar-refractivity contribution is 0.102. The predicted octanol–water partition coefficient (Wildman–Crippen LogP) is 2.59. The Morgan fingerprint density at radius 2 is 2.24 bits per heavy atom. The maximum Gasteiger partial charge on any atom is 0.262 e. The minimum Gasteiger partial charge on any atom is -0.360 e. The van der Waals surface area contributed by atoms with E-state index in [1.54, 1.807) is 12.1 Å². The van der Waals surface area contributed by atoms with Crippen LogP contribution in [0.2, 0.25) is 5.02 Å². The van der Waals surface area contributed by atoms with E-state index in [1.165, 1.54) is 23.0 Å². The van der Waals surface area contributed by atoms with E-state index in [9.17, 15) is 9.59 Å². The molecule has 6 nitrogen and oxygen atoms in total. The van der Waals surface area contributed by atoms with Crippen molar-refractivity contribution in [2.75, 3.05) is 5.32 Å². The summed E-state index contributed by atoms with van der Waals surface area (Å²) in [6, 6.07) is 3.24. The van der Waals surface area contributed by atoms with Gasteiger partial charge in [-0.25, -0.2) is 0 Å². The first-order valence-electron chi connectivity index (χ1n) is 5.96. The number of fused-ring (bicyclic) bond motifs is 1. The second-order valence-electron chi connectivity index (χ2n) is 4.32. The van der Waals surface area contributed by atoms with Gasteiger partial charge in [-0.05, 0) is 24.6 Å². The lowest BCUT2D eigenvalue weighted by Gasteiger charge is -2.06. The number of hydrogen-bond donors (Lipinski definition) is 2. The number of aryl methyl sites for hydroxylation is 1. The average Bonchev–Trinajstić information content (AvgIpc) is 2.96. The summed E-state index contributed by atoms with van der Waals surface area (Å²) in [6.45, 7) is 1.81. The van der Waals surface area contributed by atoms with E-state index in [2.05, 4.69) is 20.5 Å². The molecular formula is C13H9ClN4O2S. The van der Waals surface area contributed by atoms with Crippen molar-refractivity contribution >= 4 is 44.9 Å². The van der Waals surface area contributed by atoms with Crippen LogP contribution in [0.5, 0.6) is 0 Å². The van der Waals surface area contributed by atoms with Crippen molar-refractivity contribution in [3.05, 3.63) is 50.2 Å². The molecule has 106 valence electrons. The lowest BCUT2D eigenvalue weighted by Crippen LogP contribution is -2.22. The van der Waals surface area contributed by atoms with E-state index < -0.39 is 5.91 Å². The maximum absolute atomic E-state index is 12.4. The molecule has 0 aliphatic rings. The Labute approximate surface area is 127 Å². The number of aromatic amines is 1. The number of amides is 1. The van der Waals surface area contributed by atoms with Gasteiger partial charge in [-0.15, -0.1) is 10.2 Å². The molecule has 21 heavy (non-hydrogen) atoms. The normalized spacial score (nSPS) is 10.8. The van der Waals surface area contributed by atoms with Gasteiger partial charge in [-0.2, -0.15) is 0 Å². The van der Waals surface area contributed by atoms with Crippen LogP contribution in [-0.4, -0.2) is 21.1 Å². The molecule has 2 heterocycles. The molecule has 3 rings (SSSR count). The van der Waals surface area contributed by atoms with Crippen molar-refractivity contribution in [1.82, 2.24) is 15.2 Å². The van der Waals surface area contributed by atoms with Crippen LogP contribution in [0.3, 0.4) is 0 Å². The summed E-state index contributed by atoms with van der Waals surface area (Å²) in [5, 5.41) is 11.2. The molecule has 1 aromatic carbocycles. The molecule has 0 atom stereocenters. The lowest BCUT2D eigenvalue weighted by atomic mass is 10.1. The van der Waals surface area contributed by atoms with Crippen LogP contribution in [0.4, 0.5) is 5.13 Å². The molecular weight excluding hydrogens is 312 g/mol. The van der Waals surface area contributed by atoms with Crippen LogP contribution >= 0.6 is 22.9 Å². The number of carbonyl (C=O) groups excluding carboxylic acids is 1. The summed E-state index contributed by atoms with van der Waals surface area (Å²) in [7, 11) is 0. The van der Waals surface area contributed by atoms with Crippen LogP contribution in [0.25, 0.3) is 10.9 Å². The molecule has 2 aromatic heterocycles. The third kappa shape index (κ3) is 2.41.